The van der Waals surface area contributed by atoms with Gasteiger partial charge in [0.2, 0.25) is 0 Å². The molecule has 1 aliphatic rings. The van der Waals surface area contributed by atoms with Crippen LogP contribution in [0.25, 0.3) is 0 Å². The van der Waals surface area contributed by atoms with Gasteiger partial charge in [0.05, 0.1) is 12.6 Å². The Balaban J connectivity index is 2.13. The minimum atomic E-state index is -0.0738. The summed E-state index contributed by atoms with van der Waals surface area (Å²) in [5.41, 5.74) is 5.86. The van der Waals surface area contributed by atoms with E-state index in [9.17, 15) is 0 Å². The van der Waals surface area contributed by atoms with E-state index in [0.717, 1.165) is 13.1 Å². The highest BCUT2D eigenvalue weighted by Crippen LogP contribution is 2.02. The smallest absolute Gasteiger partial charge is 0.0840 e. The molecule has 0 aromatic heterocycles. The van der Waals surface area contributed by atoms with Crippen LogP contribution < -0.4 is 11.1 Å². The predicted octanol–water partition coefficient (Wildman–Crippen LogP) is -1.32. The lowest BCUT2D eigenvalue weighted by Crippen LogP contribution is -2.54. The van der Waals surface area contributed by atoms with Crippen molar-refractivity contribution in [1.82, 2.24) is 10.2 Å². The Labute approximate surface area is 66.7 Å². The van der Waals surface area contributed by atoms with Gasteiger partial charge in [-0.05, 0) is 7.05 Å². The molecule has 0 saturated carbocycles. The van der Waals surface area contributed by atoms with Gasteiger partial charge in [-0.2, -0.15) is 0 Å². The lowest BCUT2D eigenvalue weighted by Gasteiger charge is -2.36. The first kappa shape index (κ1) is 8.36. The number of hydrogen-bond acceptors (Lipinski definition) is 4. The molecule has 0 unspecified atom stereocenters. The molecule has 0 aliphatic carbocycles. The number of nitrogens with two attached hydrogens (primary N) is 1. The number of nitrogens with one attached hydrogen (secondary N) is 1. The molecular formula is C7H15N3O. The van der Waals surface area contributed by atoms with Crippen LogP contribution in [0.1, 0.15) is 0 Å². The highest BCUT2D eigenvalue weighted by Gasteiger charge is 2.21. The molecule has 0 bridgehead atoms. The van der Waals surface area contributed by atoms with Gasteiger partial charge in [-0.25, -0.2) is 0 Å². The number of aliphatic hydroxyl groups is 1. The van der Waals surface area contributed by atoms with Crippen molar-refractivity contribution < 1.29 is 5.11 Å². The van der Waals surface area contributed by atoms with E-state index in [2.05, 4.69) is 17.3 Å². The molecule has 4 nitrogen and oxygen atoms in total. The van der Waals surface area contributed by atoms with E-state index >= 15 is 0 Å². The van der Waals surface area contributed by atoms with E-state index in [0.29, 0.717) is 11.7 Å². The summed E-state index contributed by atoms with van der Waals surface area (Å²) in [7, 11) is 2.07. The van der Waals surface area contributed by atoms with E-state index in [-0.39, 0.29) is 6.61 Å². The van der Waals surface area contributed by atoms with Gasteiger partial charge in [0.25, 0.3) is 0 Å². The van der Waals surface area contributed by atoms with Crippen molar-refractivity contribution >= 4 is 0 Å². The fraction of sp³-hybridized carbons (Fsp3) is 0.714. The third-order valence-corrected chi connectivity index (χ3v) is 1.75. The molecule has 0 aromatic carbocycles. The lowest BCUT2D eigenvalue weighted by atomic mass is 10.1. The van der Waals surface area contributed by atoms with Gasteiger partial charge in [0, 0.05) is 25.0 Å². The molecule has 1 saturated heterocycles. The largest absolute Gasteiger partial charge is 0.399 e. The van der Waals surface area contributed by atoms with Crippen molar-refractivity contribution in [2.45, 2.75) is 6.04 Å². The van der Waals surface area contributed by atoms with E-state index in [1.54, 1.807) is 6.20 Å². The number of aliphatic hydroxyl groups excluding tert-OH is 1. The first-order valence-corrected chi connectivity index (χ1v) is 3.72. The van der Waals surface area contributed by atoms with Gasteiger partial charge in [-0.3, -0.25) is 0 Å². The average Bonchev–Trinajstić information content (AvgIpc) is 1.95. The predicted molar refractivity (Wildman–Crippen MR) is 43.8 cm³/mol. The van der Waals surface area contributed by atoms with Gasteiger partial charge >= 0.3 is 0 Å². The van der Waals surface area contributed by atoms with Crippen molar-refractivity contribution in [3.63, 3.8) is 0 Å². The molecule has 0 radical (unpaired) electrons. The van der Waals surface area contributed by atoms with E-state index < -0.39 is 0 Å². The van der Waals surface area contributed by atoms with Gasteiger partial charge in [-0.15, -0.1) is 0 Å². The monoisotopic (exact) mass is 157 g/mol. The molecule has 11 heavy (non-hydrogen) atoms. The van der Waals surface area contributed by atoms with Crippen LogP contribution >= 0.6 is 0 Å². The molecule has 4 heteroatoms. The standard InChI is InChI=1S/C7H15N3O/c1-10-3-7(4-10)9-2-6(8)5-11/h2,7,9,11H,3-5,8H2,1H3/b6-2-. The zero-order chi connectivity index (χ0) is 8.27. The highest BCUT2D eigenvalue weighted by atomic mass is 16.3. The van der Waals surface area contributed by atoms with Gasteiger partial charge < -0.3 is 21.1 Å². The molecule has 1 heterocycles. The summed E-state index contributed by atoms with van der Waals surface area (Å²) < 4.78 is 0. The summed E-state index contributed by atoms with van der Waals surface area (Å²) in [4.78, 5) is 2.21. The van der Waals surface area contributed by atoms with Crippen LogP contribution in [0.2, 0.25) is 0 Å². The van der Waals surface area contributed by atoms with Crippen LogP contribution in [0.5, 0.6) is 0 Å². The summed E-state index contributed by atoms with van der Waals surface area (Å²) in [6.45, 7) is 2.03. The quantitative estimate of drug-likeness (QED) is 0.475. The molecule has 1 fully saturated rings. The second-order valence-electron chi connectivity index (χ2n) is 2.96. The van der Waals surface area contributed by atoms with Crippen molar-refractivity contribution in [2.24, 2.45) is 5.73 Å². The summed E-state index contributed by atoms with van der Waals surface area (Å²) in [6, 6.07) is 0.505. The number of nitrogens with zero attached hydrogens (tertiary/aromatic N) is 1. The van der Waals surface area contributed by atoms with Crippen LogP contribution in [0.4, 0.5) is 0 Å². The Morgan fingerprint density at radius 3 is 2.91 bits per heavy atom. The summed E-state index contributed by atoms with van der Waals surface area (Å²) in [5.74, 6) is 0. The number of likely N-dealkylation sites (tertiary alicyclic amines) is 1. The maximum absolute atomic E-state index is 8.55. The number of hydrogen-bond donors (Lipinski definition) is 3. The Hall–Kier alpha value is -0.740. The molecule has 1 rings (SSSR count). The second kappa shape index (κ2) is 3.59. The Morgan fingerprint density at radius 2 is 2.45 bits per heavy atom. The minimum absolute atomic E-state index is 0.0738. The zero-order valence-electron chi connectivity index (χ0n) is 6.75. The Kier molecular flexibility index (Phi) is 2.73. The van der Waals surface area contributed by atoms with E-state index in [1.165, 1.54) is 0 Å². The van der Waals surface area contributed by atoms with Crippen molar-refractivity contribution in [3.05, 3.63) is 11.9 Å². The van der Waals surface area contributed by atoms with Gasteiger partial charge in [0.15, 0.2) is 0 Å². The summed E-state index contributed by atoms with van der Waals surface area (Å²) in [5, 5.41) is 11.7. The maximum atomic E-state index is 8.55. The fourth-order valence-corrected chi connectivity index (χ4v) is 1.07. The van der Waals surface area contributed by atoms with Crippen LogP contribution in [-0.4, -0.2) is 42.8 Å². The molecule has 0 atom stereocenters. The highest BCUT2D eigenvalue weighted by molar-refractivity contribution is 4.98. The molecule has 1 aliphatic heterocycles. The van der Waals surface area contributed by atoms with Crippen LogP contribution in [0, 0.1) is 0 Å². The molecule has 0 aromatic rings. The van der Waals surface area contributed by atoms with Crippen molar-refractivity contribution in [2.75, 3.05) is 26.7 Å². The van der Waals surface area contributed by atoms with E-state index in [1.807, 2.05) is 0 Å². The van der Waals surface area contributed by atoms with Crippen molar-refractivity contribution in [1.29, 1.82) is 0 Å². The molecule has 0 spiro atoms. The first-order valence-electron chi connectivity index (χ1n) is 3.72. The topological polar surface area (TPSA) is 61.5 Å². The molecule has 64 valence electrons. The minimum Gasteiger partial charge on any atom is -0.399 e. The summed E-state index contributed by atoms with van der Waals surface area (Å²) >= 11 is 0. The zero-order valence-corrected chi connectivity index (χ0v) is 6.75. The maximum Gasteiger partial charge on any atom is 0.0840 e. The van der Waals surface area contributed by atoms with Crippen LogP contribution in [-0.2, 0) is 0 Å². The molecule has 0 amide bonds. The summed E-state index contributed by atoms with van der Waals surface area (Å²) in [6.07, 6.45) is 1.68. The van der Waals surface area contributed by atoms with Crippen LogP contribution in [0.15, 0.2) is 11.9 Å². The van der Waals surface area contributed by atoms with Crippen molar-refractivity contribution in [3.8, 4) is 0 Å². The number of likely N-dealkylation sites (N-methyl/N-ethyl adjacent to an activating group) is 1. The normalized spacial score (nSPS) is 21.5. The van der Waals surface area contributed by atoms with E-state index in [4.69, 9.17) is 10.8 Å². The Morgan fingerprint density at radius 1 is 1.82 bits per heavy atom. The second-order valence-corrected chi connectivity index (χ2v) is 2.96. The number of rotatable bonds is 3. The third-order valence-electron chi connectivity index (χ3n) is 1.75. The average molecular weight is 157 g/mol. The van der Waals surface area contributed by atoms with Gasteiger partial charge in [0.1, 0.15) is 0 Å². The van der Waals surface area contributed by atoms with Gasteiger partial charge in [-0.1, -0.05) is 0 Å². The fourth-order valence-electron chi connectivity index (χ4n) is 1.07. The third kappa shape index (κ3) is 2.40. The van der Waals surface area contributed by atoms with Crippen LogP contribution in [0.3, 0.4) is 0 Å². The SMILES string of the molecule is CN1CC(N/C=C(\N)CO)C1. The molecular weight excluding hydrogens is 142 g/mol. The Bertz CT molecular complexity index is 152. The lowest BCUT2D eigenvalue weighted by molar-refractivity contribution is 0.173. The first-order chi connectivity index (χ1) is 5.22. The molecule has 4 N–H and O–H groups in total.